The number of nitrogens with zero attached hydrogens (tertiary/aromatic N) is 2. The van der Waals surface area contributed by atoms with Crippen LogP contribution in [-0.4, -0.2) is 47.3 Å². The summed E-state index contributed by atoms with van der Waals surface area (Å²) in [5.41, 5.74) is 0. The first-order valence-corrected chi connectivity index (χ1v) is 10.2. The highest BCUT2D eigenvalue weighted by Gasteiger charge is 2.43. The summed E-state index contributed by atoms with van der Waals surface area (Å²) >= 11 is 1.76. The van der Waals surface area contributed by atoms with Gasteiger partial charge in [0.2, 0.25) is 11.8 Å². The zero-order valence-corrected chi connectivity index (χ0v) is 15.0. The third-order valence-electron chi connectivity index (χ3n) is 5.69. The Morgan fingerprint density at radius 1 is 1.21 bits per heavy atom. The summed E-state index contributed by atoms with van der Waals surface area (Å²) in [6.07, 6.45) is 7.07. The highest BCUT2D eigenvalue weighted by molar-refractivity contribution is 7.09. The molecule has 3 saturated heterocycles. The van der Waals surface area contributed by atoms with Crippen LogP contribution >= 0.6 is 11.3 Å². The minimum atomic E-state index is 0.0451. The Morgan fingerprint density at radius 3 is 2.83 bits per heavy atom. The van der Waals surface area contributed by atoms with Crippen LogP contribution in [0.2, 0.25) is 0 Å². The number of carbonyl (C=O) groups is 2. The molecule has 1 aromatic heterocycles. The van der Waals surface area contributed by atoms with Gasteiger partial charge in [0.1, 0.15) is 0 Å². The van der Waals surface area contributed by atoms with Crippen LogP contribution in [0.15, 0.2) is 17.5 Å². The van der Waals surface area contributed by atoms with Crippen LogP contribution in [0, 0.1) is 11.8 Å². The number of amides is 2. The Balaban J connectivity index is 1.34. The van der Waals surface area contributed by atoms with Crippen LogP contribution in [0.3, 0.4) is 0 Å². The van der Waals surface area contributed by atoms with Crippen molar-refractivity contribution in [3.8, 4) is 0 Å². The summed E-state index contributed by atoms with van der Waals surface area (Å²) in [5, 5.41) is 2.09. The lowest BCUT2D eigenvalue weighted by molar-refractivity contribution is -0.140. The lowest BCUT2D eigenvalue weighted by Crippen LogP contribution is -2.48. The van der Waals surface area contributed by atoms with Gasteiger partial charge in [-0.2, -0.15) is 0 Å². The molecule has 0 radical (unpaired) electrons. The largest absolute Gasteiger partial charge is 0.340 e. The predicted molar refractivity (Wildman–Crippen MR) is 94.8 cm³/mol. The van der Waals surface area contributed by atoms with E-state index in [2.05, 4.69) is 22.4 Å². The fourth-order valence-electron chi connectivity index (χ4n) is 4.09. The molecule has 4 heterocycles. The number of fused-ring (bicyclic) bond motifs is 4. The standard InChI is InChI=1S/C19H26N2O2S/c22-18(5-1-3-17-4-2-10-24-17)20-12-15-8-9-16(13-20)21(19(15)23)11-14-6-7-14/h2,4,10,14-16H,1,3,5-9,11-13H2/t15-,16+/m0/s1. The summed E-state index contributed by atoms with van der Waals surface area (Å²) < 4.78 is 0. The molecule has 0 N–H and O–H groups in total. The van der Waals surface area contributed by atoms with E-state index in [-0.39, 0.29) is 17.9 Å². The second-order valence-electron chi connectivity index (χ2n) is 7.59. The van der Waals surface area contributed by atoms with Gasteiger partial charge in [-0.25, -0.2) is 0 Å². The molecule has 24 heavy (non-hydrogen) atoms. The molecule has 4 nitrogen and oxygen atoms in total. The zero-order valence-electron chi connectivity index (χ0n) is 14.2. The van der Waals surface area contributed by atoms with E-state index in [4.69, 9.17) is 0 Å². The Bertz CT molecular complexity index is 597. The number of rotatable bonds is 6. The monoisotopic (exact) mass is 346 g/mol. The molecule has 0 unspecified atom stereocenters. The molecular weight excluding hydrogens is 320 g/mol. The first-order chi connectivity index (χ1) is 11.7. The maximum Gasteiger partial charge on any atom is 0.227 e. The Labute approximate surface area is 147 Å². The van der Waals surface area contributed by atoms with Gasteiger partial charge in [0.15, 0.2) is 0 Å². The van der Waals surface area contributed by atoms with Crippen LogP contribution in [0.5, 0.6) is 0 Å². The van der Waals surface area contributed by atoms with E-state index in [9.17, 15) is 9.59 Å². The molecule has 3 aliphatic heterocycles. The summed E-state index contributed by atoms with van der Waals surface area (Å²) in [6.45, 7) is 2.33. The lowest BCUT2D eigenvalue weighted by atomic mass is 9.94. The van der Waals surface area contributed by atoms with Crippen LogP contribution in [0.25, 0.3) is 0 Å². The summed E-state index contributed by atoms with van der Waals surface area (Å²) in [7, 11) is 0. The SMILES string of the molecule is O=C(CCCc1cccs1)N1C[C@@H]2CC[C@H](C1)N(CC1CC1)C2=O. The lowest BCUT2D eigenvalue weighted by Gasteiger charge is -2.36. The van der Waals surface area contributed by atoms with E-state index < -0.39 is 0 Å². The van der Waals surface area contributed by atoms with E-state index in [0.29, 0.717) is 18.9 Å². The van der Waals surface area contributed by atoms with Crippen molar-refractivity contribution in [3.63, 3.8) is 0 Å². The van der Waals surface area contributed by atoms with E-state index in [1.165, 1.54) is 17.7 Å². The fraction of sp³-hybridized carbons (Fsp3) is 0.684. The van der Waals surface area contributed by atoms with Gasteiger partial charge in [0, 0.05) is 37.0 Å². The fourth-order valence-corrected chi connectivity index (χ4v) is 4.84. The third kappa shape index (κ3) is 3.51. The Morgan fingerprint density at radius 2 is 2.08 bits per heavy atom. The number of hydrogen-bond acceptors (Lipinski definition) is 3. The minimum absolute atomic E-state index is 0.0451. The molecule has 1 aliphatic carbocycles. The van der Waals surface area contributed by atoms with Gasteiger partial charge in [-0.15, -0.1) is 11.3 Å². The smallest absolute Gasteiger partial charge is 0.227 e. The van der Waals surface area contributed by atoms with Gasteiger partial charge in [0.25, 0.3) is 0 Å². The van der Waals surface area contributed by atoms with Gasteiger partial charge >= 0.3 is 0 Å². The highest BCUT2D eigenvalue weighted by Crippen LogP contribution is 2.35. The van der Waals surface area contributed by atoms with Crippen LogP contribution in [-0.2, 0) is 16.0 Å². The maximum atomic E-state index is 12.7. The molecule has 0 spiro atoms. The van der Waals surface area contributed by atoms with Crippen molar-refractivity contribution >= 4 is 23.2 Å². The van der Waals surface area contributed by atoms with Crippen LogP contribution in [0.1, 0.15) is 43.4 Å². The summed E-state index contributed by atoms with van der Waals surface area (Å²) in [4.78, 5) is 30.8. The molecule has 0 aromatic carbocycles. The Kier molecular flexibility index (Phi) is 4.61. The van der Waals surface area contributed by atoms with Gasteiger partial charge in [0.05, 0.1) is 5.92 Å². The zero-order chi connectivity index (χ0) is 16.5. The van der Waals surface area contributed by atoms with E-state index in [1.54, 1.807) is 11.3 Å². The molecule has 5 heteroatoms. The topological polar surface area (TPSA) is 40.6 Å². The molecule has 5 rings (SSSR count). The van der Waals surface area contributed by atoms with Gasteiger partial charge in [-0.3, -0.25) is 9.59 Å². The quantitative estimate of drug-likeness (QED) is 0.795. The van der Waals surface area contributed by atoms with Crippen molar-refractivity contribution in [2.75, 3.05) is 19.6 Å². The molecule has 4 aliphatic rings. The molecule has 1 aromatic rings. The van der Waals surface area contributed by atoms with Gasteiger partial charge in [-0.1, -0.05) is 6.07 Å². The number of hydrogen-bond donors (Lipinski definition) is 0. The molecule has 2 bridgehead atoms. The number of aryl methyl sites for hydroxylation is 1. The summed E-state index contributed by atoms with van der Waals surface area (Å²) in [5.74, 6) is 1.32. The maximum absolute atomic E-state index is 12.7. The molecule has 2 atom stereocenters. The normalized spacial score (nSPS) is 26.8. The molecule has 130 valence electrons. The van der Waals surface area contributed by atoms with Crippen LogP contribution < -0.4 is 0 Å². The number of piperidine rings is 1. The van der Waals surface area contributed by atoms with Crippen molar-refractivity contribution in [2.45, 2.75) is 51.0 Å². The molecular formula is C19H26N2O2S. The molecule has 4 fully saturated rings. The third-order valence-corrected chi connectivity index (χ3v) is 6.63. The van der Waals surface area contributed by atoms with Crippen molar-refractivity contribution in [3.05, 3.63) is 22.4 Å². The highest BCUT2D eigenvalue weighted by atomic mass is 32.1. The van der Waals surface area contributed by atoms with Crippen molar-refractivity contribution in [2.24, 2.45) is 11.8 Å². The van der Waals surface area contributed by atoms with Gasteiger partial charge < -0.3 is 9.80 Å². The predicted octanol–water partition coefficient (Wildman–Crippen LogP) is 2.93. The average Bonchev–Trinajstić information content (AvgIpc) is 3.32. The molecule has 2 amide bonds. The minimum Gasteiger partial charge on any atom is -0.340 e. The first kappa shape index (κ1) is 16.1. The number of carbonyl (C=O) groups excluding carboxylic acids is 2. The molecule has 1 saturated carbocycles. The summed E-state index contributed by atoms with van der Waals surface area (Å²) in [6, 6.07) is 4.46. The van der Waals surface area contributed by atoms with Crippen molar-refractivity contribution in [1.82, 2.24) is 9.80 Å². The van der Waals surface area contributed by atoms with E-state index in [0.717, 1.165) is 44.7 Å². The van der Waals surface area contributed by atoms with Gasteiger partial charge in [-0.05, 0) is 55.9 Å². The first-order valence-electron chi connectivity index (χ1n) is 9.31. The van der Waals surface area contributed by atoms with Crippen molar-refractivity contribution < 1.29 is 9.59 Å². The Hall–Kier alpha value is -1.36. The van der Waals surface area contributed by atoms with Crippen molar-refractivity contribution in [1.29, 1.82) is 0 Å². The van der Waals surface area contributed by atoms with Crippen LogP contribution in [0.4, 0.5) is 0 Å². The van der Waals surface area contributed by atoms with E-state index >= 15 is 0 Å². The average molecular weight is 346 g/mol. The van der Waals surface area contributed by atoms with E-state index in [1.807, 2.05) is 4.90 Å². The number of thiophene rings is 1. The second-order valence-corrected chi connectivity index (χ2v) is 8.63. The second kappa shape index (κ2) is 6.87.